The van der Waals surface area contributed by atoms with E-state index in [0.29, 0.717) is 19.3 Å². The maximum absolute atomic E-state index is 13.2. The molecule has 9 nitrogen and oxygen atoms in total. The van der Waals surface area contributed by atoms with Crippen LogP contribution in [0.15, 0.2) is 24.3 Å². The molecule has 3 N–H and O–H groups in total. The number of methoxy groups -OCH3 is 1. The topological polar surface area (TPSA) is 131 Å². The van der Waals surface area contributed by atoms with Crippen molar-refractivity contribution in [2.45, 2.75) is 102 Å². The Labute approximate surface area is 213 Å². The highest BCUT2D eigenvalue weighted by atomic mass is 16.6. The van der Waals surface area contributed by atoms with Gasteiger partial charge in [-0.1, -0.05) is 25.5 Å². The number of ether oxygens (including phenoxy) is 2. The maximum atomic E-state index is 13.2. The number of rotatable bonds is 11. The van der Waals surface area contributed by atoms with Crippen LogP contribution in [0.1, 0.15) is 90.5 Å². The van der Waals surface area contributed by atoms with Gasteiger partial charge in [-0.25, -0.2) is 4.79 Å². The molecule has 1 atom stereocenters. The van der Waals surface area contributed by atoms with Gasteiger partial charge in [-0.05, 0) is 76.5 Å². The third-order valence-electron chi connectivity index (χ3n) is 6.40. The van der Waals surface area contributed by atoms with Gasteiger partial charge in [0.15, 0.2) is 0 Å². The van der Waals surface area contributed by atoms with Crippen molar-refractivity contribution in [1.82, 2.24) is 10.6 Å². The van der Waals surface area contributed by atoms with Crippen LogP contribution < -0.4 is 15.4 Å². The SMILES string of the molecule is CCCCC(=O)N[C@@H](CC(=O)OC(C)(C)C)C(=O)N[C@]1(C(=O)O)CC[C@H](c2ccc(OC)cc2)CC1. The molecule has 200 valence electrons. The largest absolute Gasteiger partial charge is 0.497 e. The van der Waals surface area contributed by atoms with Crippen LogP contribution >= 0.6 is 0 Å². The predicted octanol–water partition coefficient (Wildman–Crippen LogP) is 3.70. The van der Waals surface area contributed by atoms with Crippen LogP contribution in [-0.2, 0) is 23.9 Å². The second-order valence-electron chi connectivity index (χ2n) is 10.4. The lowest BCUT2D eigenvalue weighted by atomic mass is 9.74. The van der Waals surface area contributed by atoms with E-state index in [9.17, 15) is 24.3 Å². The fraction of sp³-hybridized carbons (Fsp3) is 0.630. The maximum Gasteiger partial charge on any atom is 0.329 e. The lowest BCUT2D eigenvalue weighted by Crippen LogP contribution is -2.60. The van der Waals surface area contributed by atoms with Gasteiger partial charge in [0.25, 0.3) is 0 Å². The molecule has 0 aliphatic heterocycles. The van der Waals surface area contributed by atoms with Crippen molar-refractivity contribution in [1.29, 1.82) is 0 Å². The molecule has 1 aliphatic rings. The van der Waals surface area contributed by atoms with Crippen LogP contribution in [0.25, 0.3) is 0 Å². The van der Waals surface area contributed by atoms with Gasteiger partial charge >= 0.3 is 11.9 Å². The summed E-state index contributed by atoms with van der Waals surface area (Å²) in [6.07, 6.45) is 2.86. The summed E-state index contributed by atoms with van der Waals surface area (Å²) in [5.41, 5.74) is -1.14. The van der Waals surface area contributed by atoms with Gasteiger partial charge in [-0.15, -0.1) is 0 Å². The normalized spacial score (nSPS) is 20.6. The van der Waals surface area contributed by atoms with E-state index in [2.05, 4.69) is 10.6 Å². The number of benzene rings is 1. The summed E-state index contributed by atoms with van der Waals surface area (Å²) < 4.78 is 10.5. The number of nitrogens with one attached hydrogen (secondary N) is 2. The second kappa shape index (κ2) is 12.7. The molecule has 1 saturated carbocycles. The van der Waals surface area contributed by atoms with E-state index in [4.69, 9.17) is 9.47 Å². The number of carbonyl (C=O) groups is 4. The van der Waals surface area contributed by atoms with Crippen molar-refractivity contribution in [3.63, 3.8) is 0 Å². The Hall–Kier alpha value is -3.10. The molecule has 0 unspecified atom stereocenters. The minimum atomic E-state index is -1.47. The van der Waals surface area contributed by atoms with Gasteiger partial charge < -0.3 is 25.2 Å². The van der Waals surface area contributed by atoms with Gasteiger partial charge in [0, 0.05) is 6.42 Å². The average molecular weight is 505 g/mol. The third kappa shape index (κ3) is 8.53. The van der Waals surface area contributed by atoms with E-state index >= 15 is 0 Å². The van der Waals surface area contributed by atoms with Crippen molar-refractivity contribution >= 4 is 23.8 Å². The molecular formula is C27H40N2O7. The van der Waals surface area contributed by atoms with E-state index in [1.54, 1.807) is 27.9 Å². The van der Waals surface area contributed by atoms with E-state index in [-0.39, 0.29) is 37.5 Å². The zero-order valence-corrected chi connectivity index (χ0v) is 22.0. The summed E-state index contributed by atoms with van der Waals surface area (Å²) in [5, 5.41) is 15.3. The second-order valence-corrected chi connectivity index (χ2v) is 10.4. The molecule has 0 spiro atoms. The number of esters is 1. The number of hydrogen-bond acceptors (Lipinski definition) is 6. The monoisotopic (exact) mass is 504 g/mol. The van der Waals surface area contributed by atoms with Crippen molar-refractivity contribution in [3.05, 3.63) is 29.8 Å². The average Bonchev–Trinajstić information content (AvgIpc) is 2.81. The molecule has 0 bridgehead atoms. The Morgan fingerprint density at radius 3 is 2.22 bits per heavy atom. The van der Waals surface area contributed by atoms with Crippen molar-refractivity contribution in [2.75, 3.05) is 7.11 Å². The van der Waals surface area contributed by atoms with E-state index in [1.807, 2.05) is 31.2 Å². The lowest BCUT2D eigenvalue weighted by Gasteiger charge is -2.38. The van der Waals surface area contributed by atoms with Crippen molar-refractivity contribution in [3.8, 4) is 5.75 Å². The van der Waals surface area contributed by atoms with Crippen LogP contribution in [0.3, 0.4) is 0 Å². The van der Waals surface area contributed by atoms with Gasteiger partial charge in [0.1, 0.15) is 22.9 Å². The minimum Gasteiger partial charge on any atom is -0.497 e. The summed E-state index contributed by atoms with van der Waals surface area (Å²) in [6, 6.07) is 6.47. The quantitative estimate of drug-likeness (QED) is 0.392. The van der Waals surface area contributed by atoms with Crippen molar-refractivity contribution < 1.29 is 33.8 Å². The van der Waals surface area contributed by atoms with E-state index in [1.165, 1.54) is 0 Å². The summed E-state index contributed by atoms with van der Waals surface area (Å²) in [6.45, 7) is 7.07. The molecule has 2 rings (SSSR count). The van der Waals surface area contributed by atoms with E-state index in [0.717, 1.165) is 17.7 Å². The van der Waals surface area contributed by atoms with Gasteiger partial charge in [-0.2, -0.15) is 0 Å². The molecule has 0 saturated heterocycles. The Morgan fingerprint density at radius 1 is 1.11 bits per heavy atom. The van der Waals surface area contributed by atoms with Gasteiger partial charge in [0.2, 0.25) is 11.8 Å². The number of hydrogen-bond donors (Lipinski definition) is 3. The smallest absolute Gasteiger partial charge is 0.329 e. The number of unbranched alkanes of at least 4 members (excludes halogenated alkanes) is 1. The van der Waals surface area contributed by atoms with Crippen LogP contribution in [0.4, 0.5) is 0 Å². The Kier molecular flexibility index (Phi) is 10.3. The van der Waals surface area contributed by atoms with Gasteiger partial charge in [-0.3, -0.25) is 14.4 Å². The highest BCUT2D eigenvalue weighted by Crippen LogP contribution is 2.38. The first kappa shape index (κ1) is 29.1. The lowest BCUT2D eigenvalue weighted by molar-refractivity contribution is -0.157. The fourth-order valence-corrected chi connectivity index (χ4v) is 4.40. The molecule has 1 aromatic rings. The fourth-order valence-electron chi connectivity index (χ4n) is 4.40. The zero-order valence-electron chi connectivity index (χ0n) is 22.0. The molecule has 1 aliphatic carbocycles. The van der Waals surface area contributed by atoms with Crippen molar-refractivity contribution in [2.24, 2.45) is 0 Å². The molecule has 0 aromatic heterocycles. The summed E-state index contributed by atoms with van der Waals surface area (Å²) in [7, 11) is 1.60. The Balaban J connectivity index is 2.13. The molecule has 9 heteroatoms. The Bertz CT molecular complexity index is 913. The first-order valence-corrected chi connectivity index (χ1v) is 12.6. The zero-order chi connectivity index (χ0) is 26.9. The highest BCUT2D eigenvalue weighted by molar-refractivity contribution is 5.94. The highest BCUT2D eigenvalue weighted by Gasteiger charge is 2.45. The van der Waals surface area contributed by atoms with Crippen LogP contribution in [0.5, 0.6) is 5.75 Å². The number of aliphatic carboxylic acids is 1. The number of carbonyl (C=O) groups excluding carboxylic acids is 3. The summed E-state index contributed by atoms with van der Waals surface area (Å²) >= 11 is 0. The summed E-state index contributed by atoms with van der Waals surface area (Å²) in [4.78, 5) is 50.4. The van der Waals surface area contributed by atoms with Gasteiger partial charge in [0.05, 0.1) is 13.5 Å². The molecule has 0 radical (unpaired) electrons. The first-order chi connectivity index (χ1) is 16.9. The minimum absolute atomic E-state index is 0.159. The summed E-state index contributed by atoms with van der Waals surface area (Å²) in [5.74, 6) is -1.93. The number of carboxylic acids is 1. The first-order valence-electron chi connectivity index (χ1n) is 12.6. The van der Waals surface area contributed by atoms with Crippen LogP contribution in [0, 0.1) is 0 Å². The van der Waals surface area contributed by atoms with Crippen LogP contribution in [-0.4, -0.2) is 53.2 Å². The number of carboxylic acid groups (broad SMARTS) is 1. The molecular weight excluding hydrogens is 464 g/mol. The third-order valence-corrected chi connectivity index (χ3v) is 6.40. The standard InChI is InChI=1S/C27H40N2O7/c1-6-7-8-22(30)28-21(17-23(31)36-26(2,3)4)24(32)29-27(25(33)34)15-13-19(14-16-27)18-9-11-20(35-5)12-10-18/h9-12,19,21H,6-8,13-17H2,1-5H3,(H,28,30)(H,29,32)(H,33,34)/t19-,21-,27+/m0/s1. The Morgan fingerprint density at radius 2 is 1.72 bits per heavy atom. The molecule has 2 amide bonds. The molecule has 1 aromatic carbocycles. The molecule has 1 fully saturated rings. The molecule has 0 heterocycles. The molecule has 36 heavy (non-hydrogen) atoms. The van der Waals surface area contributed by atoms with E-state index < -0.39 is 35.0 Å². The number of amides is 2. The predicted molar refractivity (Wildman–Crippen MR) is 135 cm³/mol. The van der Waals surface area contributed by atoms with Crippen LogP contribution in [0.2, 0.25) is 0 Å².